The Morgan fingerprint density at radius 2 is 0.154 bits per heavy atom. The van der Waals surface area contributed by atoms with E-state index in [9.17, 15) is 0 Å². The van der Waals surface area contributed by atoms with Crippen molar-refractivity contribution < 1.29 is 120 Å². The van der Waals surface area contributed by atoms with E-state index in [-0.39, 0.29) is 120 Å². The van der Waals surface area contributed by atoms with Gasteiger partial charge in [-0.25, -0.2) is 0 Å². The van der Waals surface area contributed by atoms with Crippen molar-refractivity contribution in [3.05, 3.63) is 0 Å². The maximum absolute atomic E-state index is 0. The molecule has 0 radical (unpaired) electrons. The first-order chi connectivity index (χ1) is 0. The Balaban J connectivity index is 0. The van der Waals surface area contributed by atoms with E-state index in [0.29, 0.717) is 0 Å². The SMILES string of the molecule is O.O.O.O.O.O.O.O.O.O.[Ti].[Ti].[Ti]. The maximum Gasteiger partial charge on any atom is 0 e. The van der Waals surface area contributed by atoms with Crippen LogP contribution in [0.5, 0.6) is 0 Å². The summed E-state index contributed by atoms with van der Waals surface area (Å²) in [4.78, 5) is 0. The molecule has 0 rings (SSSR count). The van der Waals surface area contributed by atoms with E-state index in [0.717, 1.165) is 0 Å². The second kappa shape index (κ2) is 735. The fourth-order valence-corrected chi connectivity index (χ4v) is 0. The van der Waals surface area contributed by atoms with Crippen molar-refractivity contribution in [2.24, 2.45) is 0 Å². The van der Waals surface area contributed by atoms with E-state index in [4.69, 9.17) is 0 Å². The molecule has 13 heavy (non-hydrogen) atoms. The Labute approximate surface area is 119 Å². The van der Waals surface area contributed by atoms with Crippen molar-refractivity contribution in [2.45, 2.75) is 0 Å². The Kier molecular flexibility index (Phi) is 51800. The van der Waals surface area contributed by atoms with Gasteiger partial charge in [0.25, 0.3) is 0 Å². The third-order valence-corrected chi connectivity index (χ3v) is 0. The molecular formula is H20O10Ti3. The van der Waals surface area contributed by atoms with Crippen LogP contribution in [0.1, 0.15) is 0 Å². The summed E-state index contributed by atoms with van der Waals surface area (Å²) in [5, 5.41) is 0. The van der Waals surface area contributed by atoms with Crippen LogP contribution < -0.4 is 0 Å². The Morgan fingerprint density at radius 1 is 0.154 bits per heavy atom. The third-order valence-electron chi connectivity index (χ3n) is 0. The fraction of sp³-hybridized carbons (Fsp3) is 0. The fourth-order valence-electron chi connectivity index (χ4n) is 0. The standard InChI is InChI=1S/10H2O.3Ti/h10*1H2;;;. The maximum atomic E-state index is 0. The molecule has 0 bridgehead atoms. The average Bonchev–Trinajstić information content (AvgIpc) is 0. The van der Waals surface area contributed by atoms with Gasteiger partial charge in [-0.05, 0) is 0 Å². The molecule has 0 spiro atoms. The molecule has 0 saturated carbocycles. The second-order valence-corrected chi connectivity index (χ2v) is 0. The number of rotatable bonds is 0. The van der Waals surface area contributed by atoms with E-state index in [1.807, 2.05) is 0 Å². The van der Waals surface area contributed by atoms with Gasteiger partial charge in [-0.2, -0.15) is 0 Å². The molecule has 0 amide bonds. The van der Waals surface area contributed by atoms with Gasteiger partial charge in [0.15, 0.2) is 0 Å². The molecule has 0 aliphatic heterocycles. The van der Waals surface area contributed by atoms with Crippen LogP contribution in [0, 0.1) is 0 Å². The minimum absolute atomic E-state index is 0. The van der Waals surface area contributed by atoms with Crippen molar-refractivity contribution in [1.82, 2.24) is 0 Å². The minimum atomic E-state index is 0. The first kappa shape index (κ1) is 917. The number of hydrogen-bond donors (Lipinski definition) is 0. The van der Waals surface area contributed by atoms with Crippen molar-refractivity contribution in [1.29, 1.82) is 0 Å². The Hall–Kier alpha value is 1.74. The molecule has 0 fully saturated rings. The quantitative estimate of drug-likeness (QED) is 0.374. The summed E-state index contributed by atoms with van der Waals surface area (Å²) in [7, 11) is 0. The van der Waals surface area contributed by atoms with Crippen LogP contribution in [0.4, 0.5) is 0 Å². The zero-order valence-corrected chi connectivity index (χ0v) is 11.2. The molecule has 92 valence electrons. The topological polar surface area (TPSA) is 315 Å². The molecule has 20 N–H and O–H groups in total. The van der Waals surface area contributed by atoms with Crippen LogP contribution in [-0.4, -0.2) is 54.8 Å². The summed E-state index contributed by atoms with van der Waals surface area (Å²) in [6, 6.07) is 0. The van der Waals surface area contributed by atoms with Gasteiger partial charge < -0.3 is 54.8 Å². The molecule has 13 heteroatoms. The summed E-state index contributed by atoms with van der Waals surface area (Å²) in [5.41, 5.74) is 0. The molecule has 0 aromatic carbocycles. The molecule has 0 saturated heterocycles. The molecule has 10 nitrogen and oxygen atoms in total. The first-order valence-electron chi connectivity index (χ1n) is 0. The minimum Gasteiger partial charge on any atom is -0.412 e. The van der Waals surface area contributed by atoms with E-state index in [1.165, 1.54) is 0 Å². The second-order valence-electron chi connectivity index (χ2n) is 0. The molecular weight excluding hydrogens is 304 g/mol. The van der Waals surface area contributed by atoms with Gasteiger partial charge in [0.1, 0.15) is 0 Å². The predicted octanol–water partition coefficient (Wildman–Crippen LogP) is -8.25. The van der Waals surface area contributed by atoms with E-state index < -0.39 is 0 Å². The Bertz CT molecular complexity index is 10.1. The molecule has 0 aliphatic carbocycles. The van der Waals surface area contributed by atoms with Gasteiger partial charge in [0.05, 0.1) is 0 Å². The van der Waals surface area contributed by atoms with Crippen LogP contribution >= 0.6 is 0 Å². The normalized spacial score (nSPS) is 0. The molecule has 0 aromatic heterocycles. The van der Waals surface area contributed by atoms with Crippen LogP contribution in [0.3, 0.4) is 0 Å². The molecule has 0 heterocycles. The van der Waals surface area contributed by atoms with Gasteiger partial charge >= 0.3 is 0 Å². The van der Waals surface area contributed by atoms with E-state index in [1.54, 1.807) is 0 Å². The molecule has 0 aliphatic rings. The summed E-state index contributed by atoms with van der Waals surface area (Å²) in [6.07, 6.45) is 0. The van der Waals surface area contributed by atoms with Gasteiger partial charge in [-0.15, -0.1) is 0 Å². The first-order valence-corrected chi connectivity index (χ1v) is 0. The van der Waals surface area contributed by atoms with E-state index >= 15 is 0 Å². The van der Waals surface area contributed by atoms with Crippen LogP contribution in [0.2, 0.25) is 0 Å². The zero-order chi connectivity index (χ0) is 0. The van der Waals surface area contributed by atoms with E-state index in [2.05, 4.69) is 0 Å². The predicted molar refractivity (Wildman–Crippen MR) is 36.1 cm³/mol. The summed E-state index contributed by atoms with van der Waals surface area (Å²) < 4.78 is 0. The van der Waals surface area contributed by atoms with Gasteiger partial charge in [-0.1, -0.05) is 0 Å². The monoisotopic (exact) mass is 324 g/mol. The summed E-state index contributed by atoms with van der Waals surface area (Å²) in [6.45, 7) is 0. The third kappa shape index (κ3) is 624. The largest absolute Gasteiger partial charge is 0.412 e. The van der Waals surface area contributed by atoms with Crippen LogP contribution in [-0.2, 0) is 65.2 Å². The van der Waals surface area contributed by atoms with Crippen LogP contribution in [0.15, 0.2) is 0 Å². The van der Waals surface area contributed by atoms with Gasteiger partial charge in [0, 0.05) is 65.2 Å². The summed E-state index contributed by atoms with van der Waals surface area (Å²) in [5.74, 6) is 0. The number of hydrogen-bond acceptors (Lipinski definition) is 0. The van der Waals surface area contributed by atoms with Crippen molar-refractivity contribution in [2.75, 3.05) is 0 Å². The molecule has 0 unspecified atom stereocenters. The van der Waals surface area contributed by atoms with Crippen molar-refractivity contribution in [3.8, 4) is 0 Å². The van der Waals surface area contributed by atoms with Crippen molar-refractivity contribution >= 4 is 0 Å². The molecule has 0 aromatic rings. The van der Waals surface area contributed by atoms with Crippen LogP contribution in [0.25, 0.3) is 0 Å². The molecule has 0 atom stereocenters. The van der Waals surface area contributed by atoms with Crippen molar-refractivity contribution in [3.63, 3.8) is 0 Å². The van der Waals surface area contributed by atoms with Gasteiger partial charge in [0.2, 0.25) is 0 Å². The smallest absolute Gasteiger partial charge is 0 e. The Morgan fingerprint density at radius 3 is 0.154 bits per heavy atom. The average molecular weight is 324 g/mol. The zero-order valence-electron chi connectivity index (χ0n) is 6.50. The summed E-state index contributed by atoms with van der Waals surface area (Å²) >= 11 is 0. The van der Waals surface area contributed by atoms with Gasteiger partial charge in [-0.3, -0.25) is 0 Å².